The van der Waals surface area contributed by atoms with Gasteiger partial charge in [-0.3, -0.25) is 0 Å². The molecule has 1 aromatic rings. The molecule has 0 bridgehead atoms. The molecule has 1 aromatic carbocycles. The predicted octanol–water partition coefficient (Wildman–Crippen LogP) is 3.17. The number of hydrogen-bond donors (Lipinski definition) is 1. The van der Waals surface area contributed by atoms with Crippen molar-refractivity contribution in [1.29, 1.82) is 0 Å². The number of nitrogens with one attached hydrogen (secondary N) is 1. The van der Waals surface area contributed by atoms with Crippen molar-refractivity contribution in [3.63, 3.8) is 0 Å². The minimum absolute atomic E-state index is 0.342. The topological polar surface area (TPSA) is 49.4 Å². The van der Waals surface area contributed by atoms with Crippen LogP contribution in [0.2, 0.25) is 0 Å². The average molecular weight is 310 g/mol. The molecule has 0 heterocycles. The molecule has 118 valence electrons. The monoisotopic (exact) mass is 310 g/mol. The fourth-order valence-electron chi connectivity index (χ4n) is 2.96. The predicted molar refractivity (Wildman–Crippen MR) is 86.9 cm³/mol. The third-order valence-corrected chi connectivity index (χ3v) is 6.48. The van der Waals surface area contributed by atoms with Gasteiger partial charge in [0.1, 0.15) is 0 Å². The molecular formula is C16H26N2O2S. The fraction of sp³-hybridized carbons (Fsp3) is 0.625. The second-order valence-electron chi connectivity index (χ2n) is 6.33. The molecule has 1 aliphatic rings. The van der Waals surface area contributed by atoms with Crippen LogP contribution in [0, 0.1) is 11.8 Å². The van der Waals surface area contributed by atoms with Crippen molar-refractivity contribution < 1.29 is 8.42 Å². The van der Waals surface area contributed by atoms with E-state index in [2.05, 4.69) is 19.2 Å². The van der Waals surface area contributed by atoms with Crippen molar-refractivity contribution in [3.8, 4) is 0 Å². The Morgan fingerprint density at radius 2 is 1.90 bits per heavy atom. The summed E-state index contributed by atoms with van der Waals surface area (Å²) < 4.78 is 25.6. The van der Waals surface area contributed by atoms with E-state index in [1.165, 1.54) is 17.1 Å². The normalized spacial score (nSPS) is 26.8. The van der Waals surface area contributed by atoms with Crippen LogP contribution in [0.4, 0.5) is 5.69 Å². The van der Waals surface area contributed by atoms with Crippen molar-refractivity contribution in [2.75, 3.05) is 19.4 Å². The Labute approximate surface area is 128 Å². The highest BCUT2D eigenvalue weighted by atomic mass is 32.2. The molecule has 0 aromatic heterocycles. The van der Waals surface area contributed by atoms with E-state index in [0.29, 0.717) is 22.8 Å². The first-order chi connectivity index (χ1) is 9.82. The Morgan fingerprint density at radius 1 is 1.19 bits per heavy atom. The zero-order valence-corrected chi connectivity index (χ0v) is 14.2. The summed E-state index contributed by atoms with van der Waals surface area (Å²) in [5, 5.41) is 3.53. The number of sulfonamides is 1. The lowest BCUT2D eigenvalue weighted by atomic mass is 9.78. The van der Waals surface area contributed by atoms with Gasteiger partial charge in [-0.25, -0.2) is 12.7 Å². The number of benzene rings is 1. The highest BCUT2D eigenvalue weighted by Crippen LogP contribution is 2.32. The zero-order valence-electron chi connectivity index (χ0n) is 13.3. The van der Waals surface area contributed by atoms with Crippen LogP contribution in [0.1, 0.15) is 33.1 Å². The molecule has 21 heavy (non-hydrogen) atoms. The van der Waals surface area contributed by atoms with Gasteiger partial charge in [-0.15, -0.1) is 0 Å². The smallest absolute Gasteiger partial charge is 0.242 e. The van der Waals surface area contributed by atoms with E-state index in [1.807, 2.05) is 6.07 Å². The molecule has 1 N–H and O–H groups in total. The van der Waals surface area contributed by atoms with Crippen LogP contribution in [0.15, 0.2) is 29.2 Å². The van der Waals surface area contributed by atoms with Gasteiger partial charge in [0, 0.05) is 25.8 Å². The Kier molecular flexibility index (Phi) is 4.94. The van der Waals surface area contributed by atoms with Crippen molar-refractivity contribution in [3.05, 3.63) is 24.3 Å². The molecule has 1 saturated carbocycles. The molecule has 1 aliphatic carbocycles. The van der Waals surface area contributed by atoms with E-state index in [4.69, 9.17) is 0 Å². The third kappa shape index (κ3) is 3.58. The second kappa shape index (κ2) is 6.36. The van der Waals surface area contributed by atoms with Gasteiger partial charge in [0.25, 0.3) is 0 Å². The quantitative estimate of drug-likeness (QED) is 0.929. The molecule has 0 saturated heterocycles. The summed E-state index contributed by atoms with van der Waals surface area (Å²) in [7, 11) is -0.259. The number of hydrogen-bond acceptors (Lipinski definition) is 3. The molecule has 0 spiro atoms. The second-order valence-corrected chi connectivity index (χ2v) is 8.49. The first kappa shape index (κ1) is 16.3. The lowest BCUT2D eigenvalue weighted by Crippen LogP contribution is -2.35. The van der Waals surface area contributed by atoms with Crippen LogP contribution < -0.4 is 5.32 Å². The van der Waals surface area contributed by atoms with Gasteiger partial charge >= 0.3 is 0 Å². The Hall–Kier alpha value is -1.07. The fourth-order valence-corrected chi connectivity index (χ4v) is 3.91. The number of rotatable bonds is 4. The van der Waals surface area contributed by atoms with Gasteiger partial charge < -0.3 is 5.32 Å². The molecule has 0 aliphatic heterocycles. The van der Waals surface area contributed by atoms with Crippen LogP contribution in [-0.4, -0.2) is 32.9 Å². The van der Waals surface area contributed by atoms with Gasteiger partial charge in [-0.2, -0.15) is 0 Å². The molecule has 0 amide bonds. The maximum atomic E-state index is 12.2. The van der Waals surface area contributed by atoms with E-state index in [0.717, 1.165) is 12.1 Å². The summed E-state index contributed by atoms with van der Waals surface area (Å²) in [6, 6.07) is 7.55. The minimum atomic E-state index is -3.37. The van der Waals surface area contributed by atoms with Crippen LogP contribution in [0.5, 0.6) is 0 Å². The summed E-state index contributed by atoms with van der Waals surface area (Å²) in [5.41, 5.74) is 0.892. The van der Waals surface area contributed by atoms with E-state index >= 15 is 0 Å². The molecule has 2 rings (SSSR count). The van der Waals surface area contributed by atoms with Gasteiger partial charge in [0.15, 0.2) is 0 Å². The van der Waals surface area contributed by atoms with Crippen molar-refractivity contribution in [1.82, 2.24) is 4.31 Å². The first-order valence-corrected chi connectivity index (χ1v) is 9.05. The van der Waals surface area contributed by atoms with Crippen LogP contribution in [0.25, 0.3) is 0 Å². The molecule has 3 unspecified atom stereocenters. The van der Waals surface area contributed by atoms with Crippen LogP contribution >= 0.6 is 0 Å². The van der Waals surface area contributed by atoms with Gasteiger partial charge in [-0.05, 0) is 36.5 Å². The molecular weight excluding hydrogens is 284 g/mol. The minimum Gasteiger partial charge on any atom is -0.382 e. The number of nitrogens with zero attached hydrogens (tertiary/aromatic N) is 1. The maximum absolute atomic E-state index is 12.2. The average Bonchev–Trinajstić information content (AvgIpc) is 2.44. The molecule has 1 fully saturated rings. The third-order valence-electron chi connectivity index (χ3n) is 4.67. The van der Waals surface area contributed by atoms with Crippen molar-refractivity contribution in [2.24, 2.45) is 11.8 Å². The summed E-state index contributed by atoms with van der Waals surface area (Å²) in [6.45, 7) is 4.58. The van der Waals surface area contributed by atoms with Crippen LogP contribution in [-0.2, 0) is 10.0 Å². The zero-order chi connectivity index (χ0) is 15.6. The van der Waals surface area contributed by atoms with Gasteiger partial charge in [-0.1, -0.05) is 32.8 Å². The molecule has 5 heteroatoms. The first-order valence-electron chi connectivity index (χ1n) is 7.61. The summed E-state index contributed by atoms with van der Waals surface area (Å²) in [4.78, 5) is 0.342. The Bertz CT molecular complexity index is 584. The van der Waals surface area contributed by atoms with E-state index in [-0.39, 0.29) is 0 Å². The molecule has 3 atom stereocenters. The van der Waals surface area contributed by atoms with E-state index < -0.39 is 10.0 Å². The molecule has 4 nitrogen and oxygen atoms in total. The SMILES string of the molecule is CC1CCCC(Nc2cccc(S(=O)(=O)N(C)C)c2)C1C. The largest absolute Gasteiger partial charge is 0.382 e. The van der Waals surface area contributed by atoms with Crippen molar-refractivity contribution >= 4 is 15.7 Å². The summed E-state index contributed by atoms with van der Waals surface area (Å²) in [5.74, 6) is 1.32. The lowest BCUT2D eigenvalue weighted by molar-refractivity contribution is 0.253. The van der Waals surface area contributed by atoms with Crippen LogP contribution in [0.3, 0.4) is 0 Å². The summed E-state index contributed by atoms with van der Waals surface area (Å²) >= 11 is 0. The molecule has 0 radical (unpaired) electrons. The Balaban J connectivity index is 2.19. The summed E-state index contributed by atoms with van der Waals surface area (Å²) in [6.07, 6.45) is 3.67. The standard InChI is InChI=1S/C16H26N2O2S/c1-12-7-5-10-16(13(12)2)17-14-8-6-9-15(11-14)21(19,20)18(3)4/h6,8-9,11-13,16-17H,5,7,10H2,1-4H3. The highest BCUT2D eigenvalue weighted by Gasteiger charge is 2.27. The maximum Gasteiger partial charge on any atom is 0.242 e. The van der Waals surface area contributed by atoms with Gasteiger partial charge in [0.2, 0.25) is 10.0 Å². The van der Waals surface area contributed by atoms with Gasteiger partial charge in [0.05, 0.1) is 4.90 Å². The number of anilines is 1. The van der Waals surface area contributed by atoms with E-state index in [9.17, 15) is 8.42 Å². The van der Waals surface area contributed by atoms with E-state index in [1.54, 1.807) is 32.3 Å². The van der Waals surface area contributed by atoms with Crippen molar-refractivity contribution in [2.45, 2.75) is 44.0 Å². The lowest BCUT2D eigenvalue weighted by Gasteiger charge is -2.35. The highest BCUT2D eigenvalue weighted by molar-refractivity contribution is 7.89. The Morgan fingerprint density at radius 3 is 2.57 bits per heavy atom.